The van der Waals surface area contributed by atoms with Crippen molar-refractivity contribution in [3.05, 3.63) is 23.5 Å². The predicted molar refractivity (Wildman–Crippen MR) is 39.8 cm³/mol. The Hall–Kier alpha value is -0.430. The summed E-state index contributed by atoms with van der Waals surface area (Å²) in [5, 5.41) is 0. The van der Waals surface area contributed by atoms with Crippen molar-refractivity contribution in [3.63, 3.8) is 0 Å². The third-order valence-corrected chi connectivity index (χ3v) is 1.94. The number of rotatable bonds is 1. The van der Waals surface area contributed by atoms with Gasteiger partial charge in [0, 0.05) is 23.7 Å². The summed E-state index contributed by atoms with van der Waals surface area (Å²) >= 11 is 5.72. The fraction of sp³-hybridized carbons (Fsp3) is 0.429. The van der Waals surface area contributed by atoms with Gasteiger partial charge in [0.25, 0.3) is 0 Å². The quantitative estimate of drug-likeness (QED) is 0.569. The summed E-state index contributed by atoms with van der Waals surface area (Å²) in [7, 11) is 0. The van der Waals surface area contributed by atoms with Crippen LogP contribution in [-0.4, -0.2) is 4.09 Å². The minimum atomic E-state index is 1.06. The van der Waals surface area contributed by atoms with Crippen molar-refractivity contribution in [3.8, 4) is 0 Å². The molecule has 0 amide bonds. The van der Waals surface area contributed by atoms with Gasteiger partial charge in [0.15, 0.2) is 0 Å². The summed E-state index contributed by atoms with van der Waals surface area (Å²) in [4.78, 5) is 0. The maximum Gasteiger partial charge on any atom is 0.0349 e. The molecule has 0 saturated carbocycles. The van der Waals surface area contributed by atoms with Gasteiger partial charge in [-0.05, 0) is 25.0 Å². The van der Waals surface area contributed by atoms with Crippen LogP contribution < -0.4 is 0 Å². The molecule has 1 aromatic heterocycles. The average Bonchev–Trinajstić information content (AvgIpc) is 2.15. The molecule has 0 aliphatic heterocycles. The van der Waals surface area contributed by atoms with Crippen LogP contribution >= 0.6 is 11.8 Å². The Balaban J connectivity index is 3.04. The number of aryl methyl sites for hydroxylation is 1. The van der Waals surface area contributed by atoms with Crippen LogP contribution in [0.1, 0.15) is 18.2 Å². The Labute approximate surface area is 60.4 Å². The molecule has 0 aliphatic carbocycles. The second-order valence-corrected chi connectivity index (χ2v) is 2.46. The molecule has 1 rings (SSSR count). The van der Waals surface area contributed by atoms with E-state index in [-0.39, 0.29) is 0 Å². The van der Waals surface area contributed by atoms with Crippen molar-refractivity contribution in [2.75, 3.05) is 0 Å². The van der Waals surface area contributed by atoms with E-state index in [2.05, 4.69) is 6.92 Å². The van der Waals surface area contributed by atoms with Crippen molar-refractivity contribution >= 4 is 11.8 Å². The maximum atomic E-state index is 5.72. The summed E-state index contributed by atoms with van der Waals surface area (Å²) in [5.74, 6) is 0. The van der Waals surface area contributed by atoms with E-state index in [1.165, 1.54) is 5.56 Å². The molecule has 50 valence electrons. The van der Waals surface area contributed by atoms with Crippen LogP contribution in [0.25, 0.3) is 0 Å². The highest BCUT2D eigenvalue weighted by Gasteiger charge is 1.98. The maximum absolute atomic E-state index is 5.72. The third kappa shape index (κ3) is 1.11. The lowest BCUT2D eigenvalue weighted by Crippen LogP contribution is -1.84. The molecule has 0 aliphatic rings. The molecule has 0 saturated heterocycles. The molecule has 0 atom stereocenters. The lowest BCUT2D eigenvalue weighted by Gasteiger charge is -1.93. The molecule has 1 aromatic rings. The molecule has 1 heterocycles. The van der Waals surface area contributed by atoms with E-state index >= 15 is 0 Å². The van der Waals surface area contributed by atoms with Crippen molar-refractivity contribution in [1.82, 2.24) is 4.09 Å². The van der Waals surface area contributed by atoms with Crippen LogP contribution in [0, 0.1) is 6.92 Å². The second kappa shape index (κ2) is 2.44. The normalized spacial score (nSPS) is 10.1. The Morgan fingerprint density at radius 2 is 2.33 bits per heavy atom. The predicted octanol–water partition coefficient (Wildman–Crippen LogP) is 2.36. The topological polar surface area (TPSA) is 4.93 Å². The zero-order chi connectivity index (χ0) is 6.85. The van der Waals surface area contributed by atoms with Crippen LogP contribution in [0.15, 0.2) is 12.3 Å². The molecular weight excluding hydrogens is 134 g/mol. The molecule has 9 heavy (non-hydrogen) atoms. The first-order chi connectivity index (χ1) is 4.25. The van der Waals surface area contributed by atoms with Gasteiger partial charge in [-0.15, -0.1) is 0 Å². The highest BCUT2D eigenvalue weighted by atomic mass is 35.5. The Morgan fingerprint density at radius 1 is 1.67 bits per heavy atom. The number of halogens is 1. The molecule has 0 bridgehead atoms. The highest BCUT2D eigenvalue weighted by Crippen LogP contribution is 2.10. The van der Waals surface area contributed by atoms with Crippen molar-refractivity contribution in [1.29, 1.82) is 0 Å². The minimum Gasteiger partial charge on any atom is -0.265 e. The molecular formula is C7H10ClN. The monoisotopic (exact) mass is 143 g/mol. The standard InChI is InChI=1S/C7H10ClN/c1-3-7-4-5-9(8)6(7)2/h4-5H,3H2,1-2H3. The van der Waals surface area contributed by atoms with Crippen molar-refractivity contribution in [2.45, 2.75) is 20.3 Å². The first kappa shape index (κ1) is 6.69. The van der Waals surface area contributed by atoms with Gasteiger partial charge < -0.3 is 0 Å². The fourth-order valence-corrected chi connectivity index (χ4v) is 1.06. The average molecular weight is 144 g/mol. The molecule has 0 radical (unpaired) electrons. The number of hydrogen-bond acceptors (Lipinski definition) is 0. The zero-order valence-electron chi connectivity index (χ0n) is 5.69. The summed E-state index contributed by atoms with van der Waals surface area (Å²) in [6, 6.07) is 2.04. The fourth-order valence-electron chi connectivity index (χ4n) is 0.899. The second-order valence-electron chi connectivity index (χ2n) is 2.09. The summed E-state index contributed by atoms with van der Waals surface area (Å²) in [6.07, 6.45) is 2.93. The van der Waals surface area contributed by atoms with Crippen LogP contribution in [0.3, 0.4) is 0 Å². The lowest BCUT2D eigenvalue weighted by atomic mass is 10.2. The van der Waals surface area contributed by atoms with Gasteiger partial charge >= 0.3 is 0 Å². The van der Waals surface area contributed by atoms with E-state index in [0.717, 1.165) is 12.1 Å². The third-order valence-electron chi connectivity index (χ3n) is 1.57. The van der Waals surface area contributed by atoms with Gasteiger partial charge in [0.05, 0.1) is 0 Å². The van der Waals surface area contributed by atoms with Crippen molar-refractivity contribution < 1.29 is 0 Å². The van der Waals surface area contributed by atoms with E-state index in [1.54, 1.807) is 4.09 Å². The largest absolute Gasteiger partial charge is 0.265 e. The van der Waals surface area contributed by atoms with E-state index in [0.29, 0.717) is 0 Å². The van der Waals surface area contributed by atoms with Gasteiger partial charge in [-0.1, -0.05) is 6.92 Å². The summed E-state index contributed by atoms with van der Waals surface area (Å²) in [6.45, 7) is 4.14. The van der Waals surface area contributed by atoms with Crippen LogP contribution in [0.5, 0.6) is 0 Å². The van der Waals surface area contributed by atoms with E-state index in [9.17, 15) is 0 Å². The van der Waals surface area contributed by atoms with E-state index < -0.39 is 0 Å². The first-order valence-corrected chi connectivity index (χ1v) is 3.42. The zero-order valence-corrected chi connectivity index (χ0v) is 6.44. The van der Waals surface area contributed by atoms with Gasteiger partial charge in [0.1, 0.15) is 0 Å². The SMILES string of the molecule is CCc1ccn(Cl)c1C. The first-order valence-electron chi connectivity index (χ1n) is 3.08. The van der Waals surface area contributed by atoms with Gasteiger partial charge in [-0.3, -0.25) is 4.09 Å². The molecule has 0 fully saturated rings. The van der Waals surface area contributed by atoms with Crippen LogP contribution in [-0.2, 0) is 6.42 Å². The van der Waals surface area contributed by atoms with E-state index in [4.69, 9.17) is 11.8 Å². The highest BCUT2D eigenvalue weighted by molar-refractivity contribution is 6.15. The Kier molecular flexibility index (Phi) is 1.81. The minimum absolute atomic E-state index is 1.06. The molecule has 2 heteroatoms. The van der Waals surface area contributed by atoms with Gasteiger partial charge in [-0.2, -0.15) is 0 Å². The lowest BCUT2D eigenvalue weighted by molar-refractivity contribution is 1.07. The molecule has 0 N–H and O–H groups in total. The molecule has 1 nitrogen and oxygen atoms in total. The van der Waals surface area contributed by atoms with Gasteiger partial charge in [0.2, 0.25) is 0 Å². The Morgan fingerprint density at radius 3 is 2.56 bits per heavy atom. The molecule has 0 aromatic carbocycles. The van der Waals surface area contributed by atoms with Gasteiger partial charge in [-0.25, -0.2) is 0 Å². The van der Waals surface area contributed by atoms with E-state index in [1.807, 2.05) is 19.2 Å². The van der Waals surface area contributed by atoms with Crippen molar-refractivity contribution in [2.24, 2.45) is 0 Å². The summed E-state index contributed by atoms with van der Waals surface area (Å²) in [5.41, 5.74) is 2.48. The number of aromatic nitrogens is 1. The number of nitrogens with zero attached hydrogens (tertiary/aromatic N) is 1. The van der Waals surface area contributed by atoms with Crippen LogP contribution in [0.2, 0.25) is 0 Å². The summed E-state index contributed by atoms with van der Waals surface area (Å²) < 4.78 is 1.62. The Bertz CT molecular complexity index is 203. The number of hydrogen-bond donors (Lipinski definition) is 0. The smallest absolute Gasteiger partial charge is 0.0349 e. The van der Waals surface area contributed by atoms with Crippen LogP contribution in [0.4, 0.5) is 0 Å². The molecule has 0 unspecified atom stereocenters. The molecule has 0 spiro atoms.